The number of ether oxygens (including phenoxy) is 1. The maximum absolute atomic E-state index is 5.48. The SMILES string of the molecule is CCOC(C)(C)CCCN. The summed E-state index contributed by atoms with van der Waals surface area (Å²) in [7, 11) is 0. The van der Waals surface area contributed by atoms with E-state index in [9.17, 15) is 0 Å². The van der Waals surface area contributed by atoms with Gasteiger partial charge in [0, 0.05) is 6.61 Å². The van der Waals surface area contributed by atoms with E-state index in [1.165, 1.54) is 0 Å². The Morgan fingerprint density at radius 1 is 1.40 bits per heavy atom. The van der Waals surface area contributed by atoms with Crippen LogP contribution in [0.5, 0.6) is 0 Å². The number of hydrogen-bond acceptors (Lipinski definition) is 2. The molecular weight excluding hydrogens is 126 g/mol. The molecule has 0 saturated heterocycles. The minimum atomic E-state index is 0.0219. The smallest absolute Gasteiger partial charge is 0.0626 e. The van der Waals surface area contributed by atoms with Crippen LogP contribution in [0.3, 0.4) is 0 Å². The minimum Gasteiger partial charge on any atom is -0.376 e. The molecule has 0 aromatic rings. The van der Waals surface area contributed by atoms with Gasteiger partial charge in [-0.05, 0) is 40.2 Å². The first-order chi connectivity index (χ1) is 4.62. The lowest BCUT2D eigenvalue weighted by Crippen LogP contribution is -2.25. The fourth-order valence-corrected chi connectivity index (χ4v) is 0.991. The summed E-state index contributed by atoms with van der Waals surface area (Å²) in [5, 5.41) is 0. The van der Waals surface area contributed by atoms with Crippen LogP contribution < -0.4 is 5.73 Å². The zero-order valence-electron chi connectivity index (χ0n) is 7.31. The van der Waals surface area contributed by atoms with Gasteiger partial charge in [0.15, 0.2) is 0 Å². The van der Waals surface area contributed by atoms with Crippen molar-refractivity contribution in [1.29, 1.82) is 0 Å². The van der Waals surface area contributed by atoms with Crippen molar-refractivity contribution in [3.8, 4) is 0 Å². The zero-order chi connectivity index (χ0) is 8.04. The predicted molar refractivity (Wildman–Crippen MR) is 44.0 cm³/mol. The van der Waals surface area contributed by atoms with E-state index in [0.29, 0.717) is 0 Å². The second-order valence-electron chi connectivity index (χ2n) is 3.08. The normalized spacial score (nSPS) is 12.0. The molecule has 0 atom stereocenters. The van der Waals surface area contributed by atoms with Gasteiger partial charge in [0.25, 0.3) is 0 Å². The Kier molecular flexibility index (Phi) is 4.65. The second-order valence-corrected chi connectivity index (χ2v) is 3.08. The van der Waals surface area contributed by atoms with Crippen LogP contribution in [-0.2, 0) is 4.74 Å². The number of nitrogens with two attached hydrogens (primary N) is 1. The van der Waals surface area contributed by atoms with E-state index in [2.05, 4.69) is 13.8 Å². The lowest BCUT2D eigenvalue weighted by Gasteiger charge is -2.23. The molecule has 0 bridgehead atoms. The topological polar surface area (TPSA) is 35.2 Å². The fourth-order valence-electron chi connectivity index (χ4n) is 0.991. The fraction of sp³-hybridized carbons (Fsp3) is 1.00. The maximum Gasteiger partial charge on any atom is 0.0626 e. The monoisotopic (exact) mass is 145 g/mol. The van der Waals surface area contributed by atoms with Gasteiger partial charge in [-0.3, -0.25) is 0 Å². The van der Waals surface area contributed by atoms with Crippen molar-refractivity contribution in [2.24, 2.45) is 5.73 Å². The molecule has 2 nitrogen and oxygen atoms in total. The van der Waals surface area contributed by atoms with Crippen LogP contribution in [0.15, 0.2) is 0 Å². The Balaban J connectivity index is 3.42. The van der Waals surface area contributed by atoms with Crippen LogP contribution in [0.1, 0.15) is 33.6 Å². The summed E-state index contributed by atoms with van der Waals surface area (Å²) < 4.78 is 5.48. The molecule has 0 unspecified atom stereocenters. The molecule has 0 amide bonds. The Bertz CT molecular complexity index is 81.3. The third-order valence-corrected chi connectivity index (χ3v) is 1.52. The molecule has 0 aromatic heterocycles. The lowest BCUT2D eigenvalue weighted by molar-refractivity contribution is -0.0169. The van der Waals surface area contributed by atoms with Crippen molar-refractivity contribution >= 4 is 0 Å². The minimum absolute atomic E-state index is 0.0219. The molecule has 10 heavy (non-hydrogen) atoms. The molecule has 0 spiro atoms. The van der Waals surface area contributed by atoms with E-state index in [1.807, 2.05) is 6.92 Å². The summed E-state index contributed by atoms with van der Waals surface area (Å²) in [5.41, 5.74) is 5.40. The number of rotatable bonds is 5. The lowest BCUT2D eigenvalue weighted by atomic mass is 10.0. The molecule has 0 aliphatic rings. The highest BCUT2D eigenvalue weighted by atomic mass is 16.5. The van der Waals surface area contributed by atoms with Gasteiger partial charge in [-0.1, -0.05) is 0 Å². The first kappa shape index (κ1) is 9.92. The molecule has 2 N–H and O–H groups in total. The van der Waals surface area contributed by atoms with E-state index >= 15 is 0 Å². The van der Waals surface area contributed by atoms with Gasteiger partial charge < -0.3 is 10.5 Å². The molecule has 0 fully saturated rings. The first-order valence-corrected chi connectivity index (χ1v) is 3.96. The number of hydrogen-bond donors (Lipinski definition) is 1. The van der Waals surface area contributed by atoms with E-state index in [1.54, 1.807) is 0 Å². The van der Waals surface area contributed by atoms with Crippen LogP contribution in [0.2, 0.25) is 0 Å². The average molecular weight is 145 g/mol. The summed E-state index contributed by atoms with van der Waals surface area (Å²) >= 11 is 0. The van der Waals surface area contributed by atoms with Crippen molar-refractivity contribution in [3.05, 3.63) is 0 Å². The van der Waals surface area contributed by atoms with E-state index in [0.717, 1.165) is 26.0 Å². The Morgan fingerprint density at radius 2 is 2.00 bits per heavy atom. The van der Waals surface area contributed by atoms with Crippen LogP contribution in [-0.4, -0.2) is 18.8 Å². The predicted octanol–water partition coefficient (Wildman–Crippen LogP) is 1.54. The molecule has 62 valence electrons. The third-order valence-electron chi connectivity index (χ3n) is 1.52. The van der Waals surface area contributed by atoms with Crippen LogP contribution in [0.25, 0.3) is 0 Å². The second kappa shape index (κ2) is 4.69. The van der Waals surface area contributed by atoms with Crippen molar-refractivity contribution in [3.63, 3.8) is 0 Å². The molecule has 0 aromatic carbocycles. The molecule has 0 aliphatic heterocycles. The highest BCUT2D eigenvalue weighted by Gasteiger charge is 2.15. The van der Waals surface area contributed by atoms with Gasteiger partial charge in [0.2, 0.25) is 0 Å². The third kappa shape index (κ3) is 4.77. The highest BCUT2D eigenvalue weighted by Crippen LogP contribution is 2.15. The van der Waals surface area contributed by atoms with Crippen molar-refractivity contribution in [2.75, 3.05) is 13.2 Å². The van der Waals surface area contributed by atoms with Crippen LogP contribution >= 0.6 is 0 Å². The molecule has 0 rings (SSSR count). The quantitative estimate of drug-likeness (QED) is 0.637. The van der Waals surface area contributed by atoms with Crippen LogP contribution in [0, 0.1) is 0 Å². The highest BCUT2D eigenvalue weighted by molar-refractivity contribution is 4.67. The van der Waals surface area contributed by atoms with Gasteiger partial charge in [-0.25, -0.2) is 0 Å². The van der Waals surface area contributed by atoms with Gasteiger partial charge in [-0.15, -0.1) is 0 Å². The first-order valence-electron chi connectivity index (χ1n) is 3.96. The summed E-state index contributed by atoms with van der Waals surface area (Å²) in [6.45, 7) is 7.77. The van der Waals surface area contributed by atoms with Gasteiger partial charge in [0.1, 0.15) is 0 Å². The van der Waals surface area contributed by atoms with Gasteiger partial charge in [0.05, 0.1) is 5.60 Å². The molecule has 0 heterocycles. The van der Waals surface area contributed by atoms with Crippen molar-refractivity contribution in [2.45, 2.75) is 39.2 Å². The molecule has 0 aliphatic carbocycles. The molecule has 2 heteroatoms. The largest absolute Gasteiger partial charge is 0.376 e. The Hall–Kier alpha value is -0.0800. The van der Waals surface area contributed by atoms with Gasteiger partial charge in [-0.2, -0.15) is 0 Å². The molecular formula is C8H19NO. The molecule has 0 radical (unpaired) electrons. The van der Waals surface area contributed by atoms with Crippen molar-refractivity contribution < 1.29 is 4.74 Å². The summed E-state index contributed by atoms with van der Waals surface area (Å²) in [6.07, 6.45) is 2.10. The average Bonchev–Trinajstić information content (AvgIpc) is 1.84. The Morgan fingerprint density at radius 3 is 2.40 bits per heavy atom. The van der Waals surface area contributed by atoms with E-state index in [4.69, 9.17) is 10.5 Å². The summed E-state index contributed by atoms with van der Waals surface area (Å²) in [5.74, 6) is 0. The Labute approximate surface area is 63.7 Å². The van der Waals surface area contributed by atoms with Crippen LogP contribution in [0.4, 0.5) is 0 Å². The summed E-state index contributed by atoms with van der Waals surface area (Å²) in [4.78, 5) is 0. The van der Waals surface area contributed by atoms with E-state index < -0.39 is 0 Å². The van der Waals surface area contributed by atoms with Crippen molar-refractivity contribution in [1.82, 2.24) is 0 Å². The standard InChI is InChI=1S/C8H19NO/c1-4-10-8(2,3)6-5-7-9/h4-7,9H2,1-3H3. The molecule has 0 saturated carbocycles. The maximum atomic E-state index is 5.48. The summed E-state index contributed by atoms with van der Waals surface area (Å²) in [6, 6.07) is 0. The zero-order valence-corrected chi connectivity index (χ0v) is 7.31. The van der Waals surface area contributed by atoms with E-state index in [-0.39, 0.29) is 5.60 Å². The van der Waals surface area contributed by atoms with Gasteiger partial charge >= 0.3 is 0 Å².